The first kappa shape index (κ1) is 12.6. The van der Waals surface area contributed by atoms with Crippen molar-refractivity contribution in [2.24, 2.45) is 0 Å². The van der Waals surface area contributed by atoms with Gasteiger partial charge in [0.2, 0.25) is 5.06 Å². The molecule has 3 heterocycles. The molecule has 0 saturated heterocycles. The Morgan fingerprint density at radius 3 is 2.50 bits per heavy atom. The predicted octanol–water partition coefficient (Wildman–Crippen LogP) is 3.35. The van der Waals surface area contributed by atoms with E-state index in [-0.39, 0.29) is 0 Å². The monoisotopic (exact) mass is 284 g/mol. The van der Waals surface area contributed by atoms with E-state index in [1.54, 1.807) is 19.5 Å². The Balaban J connectivity index is 1.93. The van der Waals surface area contributed by atoms with Gasteiger partial charge in [0, 0.05) is 12.4 Å². The van der Waals surface area contributed by atoms with Crippen molar-refractivity contribution in [3.05, 3.63) is 48.8 Å². The minimum absolute atomic E-state index is 0.723. The summed E-state index contributed by atoms with van der Waals surface area (Å²) in [6, 6.07) is 11.4. The quantitative estimate of drug-likeness (QED) is 0.796. The predicted molar refractivity (Wildman–Crippen MR) is 79.4 cm³/mol. The molecule has 0 fully saturated rings. The van der Waals surface area contributed by atoms with Crippen molar-refractivity contribution in [1.29, 1.82) is 0 Å². The topological polar surface area (TPSA) is 59.9 Å². The number of thiazole rings is 1. The maximum Gasteiger partial charge on any atom is 0.205 e. The molecule has 100 valence electrons. The van der Waals surface area contributed by atoms with Crippen LogP contribution < -0.4 is 10.1 Å². The van der Waals surface area contributed by atoms with Gasteiger partial charge in [-0.1, -0.05) is 23.5 Å². The van der Waals surface area contributed by atoms with Gasteiger partial charge < -0.3 is 10.1 Å². The van der Waals surface area contributed by atoms with E-state index in [9.17, 15) is 0 Å². The molecule has 0 radical (unpaired) electrons. The van der Waals surface area contributed by atoms with Gasteiger partial charge in [-0.2, -0.15) is 0 Å². The Morgan fingerprint density at radius 2 is 1.85 bits per heavy atom. The Kier molecular flexibility index (Phi) is 3.56. The Labute approximate surface area is 120 Å². The van der Waals surface area contributed by atoms with Crippen molar-refractivity contribution < 1.29 is 4.74 Å². The third-order valence-electron chi connectivity index (χ3n) is 2.59. The number of aromatic nitrogens is 3. The first-order valence-electron chi connectivity index (χ1n) is 6.01. The first-order valence-corrected chi connectivity index (χ1v) is 6.83. The fraction of sp³-hybridized carbons (Fsp3) is 0.0714. The van der Waals surface area contributed by atoms with E-state index in [4.69, 9.17) is 4.74 Å². The second kappa shape index (κ2) is 5.66. The molecular formula is C14H12N4OS. The van der Waals surface area contributed by atoms with Crippen LogP contribution in [-0.2, 0) is 0 Å². The summed E-state index contributed by atoms with van der Waals surface area (Å²) in [5.74, 6) is 0.747. The average molecular weight is 284 g/mol. The summed E-state index contributed by atoms with van der Waals surface area (Å²) in [5, 5.41) is 4.60. The molecule has 0 unspecified atom stereocenters. The van der Waals surface area contributed by atoms with Gasteiger partial charge in [-0.3, -0.25) is 4.98 Å². The van der Waals surface area contributed by atoms with Crippen LogP contribution in [0.4, 0.5) is 10.9 Å². The normalized spacial score (nSPS) is 10.2. The summed E-state index contributed by atoms with van der Waals surface area (Å²) in [6.07, 6.45) is 3.47. The minimum atomic E-state index is 0.723. The smallest absolute Gasteiger partial charge is 0.205 e. The molecule has 20 heavy (non-hydrogen) atoms. The summed E-state index contributed by atoms with van der Waals surface area (Å²) < 4.78 is 5.37. The lowest BCUT2D eigenvalue weighted by atomic mass is 10.3. The summed E-state index contributed by atoms with van der Waals surface area (Å²) in [6.45, 7) is 0. The Morgan fingerprint density at radius 1 is 1.05 bits per heavy atom. The summed E-state index contributed by atoms with van der Waals surface area (Å²) >= 11 is 1.42. The molecule has 0 aliphatic carbocycles. The second-order valence-electron chi connectivity index (χ2n) is 3.91. The maximum absolute atomic E-state index is 5.37. The summed E-state index contributed by atoms with van der Waals surface area (Å²) in [5.41, 5.74) is 1.52. The van der Waals surface area contributed by atoms with E-state index in [2.05, 4.69) is 20.3 Å². The Hall–Kier alpha value is -2.47. The van der Waals surface area contributed by atoms with Crippen LogP contribution in [0.25, 0.3) is 11.4 Å². The van der Waals surface area contributed by atoms with Crippen LogP contribution >= 0.6 is 11.3 Å². The van der Waals surface area contributed by atoms with Crippen LogP contribution in [0.5, 0.6) is 5.06 Å². The van der Waals surface area contributed by atoms with Crippen LogP contribution in [0.1, 0.15) is 0 Å². The molecule has 0 saturated carbocycles. The van der Waals surface area contributed by atoms with Gasteiger partial charge in [0.25, 0.3) is 0 Å². The molecule has 0 spiro atoms. The molecule has 5 nitrogen and oxygen atoms in total. The number of nitrogens with zero attached hydrogens (tertiary/aromatic N) is 3. The van der Waals surface area contributed by atoms with Crippen molar-refractivity contribution in [3.63, 3.8) is 0 Å². The van der Waals surface area contributed by atoms with E-state index in [0.29, 0.717) is 0 Å². The van der Waals surface area contributed by atoms with E-state index in [1.165, 1.54) is 11.3 Å². The molecule has 3 aromatic heterocycles. The number of ether oxygens (including phenoxy) is 1. The standard InChI is InChI=1S/C14H12N4OS/c1-19-13-12(10-6-2-4-8-15-10)18-14(20-13)17-11-7-3-5-9-16-11/h2-9H,1H3,(H,16,17,18). The molecule has 0 aromatic carbocycles. The molecule has 0 bridgehead atoms. The van der Waals surface area contributed by atoms with Crippen LogP contribution in [0, 0.1) is 0 Å². The lowest BCUT2D eigenvalue weighted by molar-refractivity contribution is 0.427. The van der Waals surface area contributed by atoms with E-state index in [1.807, 2.05) is 36.4 Å². The lowest BCUT2D eigenvalue weighted by Gasteiger charge is -1.99. The van der Waals surface area contributed by atoms with Crippen molar-refractivity contribution in [2.75, 3.05) is 12.4 Å². The largest absolute Gasteiger partial charge is 0.486 e. The van der Waals surface area contributed by atoms with Crippen LogP contribution in [-0.4, -0.2) is 22.1 Å². The van der Waals surface area contributed by atoms with Gasteiger partial charge >= 0.3 is 0 Å². The summed E-state index contributed by atoms with van der Waals surface area (Å²) in [7, 11) is 1.63. The maximum atomic E-state index is 5.37. The lowest BCUT2D eigenvalue weighted by Crippen LogP contribution is -1.92. The number of anilines is 2. The van der Waals surface area contributed by atoms with Gasteiger partial charge in [-0.15, -0.1) is 0 Å². The molecular weight excluding hydrogens is 272 g/mol. The molecule has 1 N–H and O–H groups in total. The van der Waals surface area contributed by atoms with E-state index >= 15 is 0 Å². The zero-order chi connectivity index (χ0) is 13.8. The third-order valence-corrected chi connectivity index (χ3v) is 3.52. The highest BCUT2D eigenvalue weighted by atomic mass is 32.1. The molecule has 0 aliphatic heterocycles. The van der Waals surface area contributed by atoms with E-state index in [0.717, 1.165) is 27.4 Å². The molecule has 0 aliphatic rings. The highest BCUT2D eigenvalue weighted by Crippen LogP contribution is 2.37. The second-order valence-corrected chi connectivity index (χ2v) is 4.88. The van der Waals surface area contributed by atoms with Gasteiger partial charge in [0.1, 0.15) is 11.5 Å². The number of rotatable bonds is 4. The number of hydrogen-bond acceptors (Lipinski definition) is 6. The molecule has 0 atom stereocenters. The zero-order valence-corrected chi connectivity index (χ0v) is 11.6. The van der Waals surface area contributed by atoms with Crippen molar-refractivity contribution >= 4 is 22.3 Å². The highest BCUT2D eigenvalue weighted by molar-refractivity contribution is 7.17. The first-order chi connectivity index (χ1) is 9.86. The number of nitrogens with one attached hydrogen (secondary N) is 1. The fourth-order valence-electron chi connectivity index (χ4n) is 1.71. The van der Waals surface area contributed by atoms with Gasteiger partial charge in [-0.05, 0) is 24.3 Å². The molecule has 3 aromatic rings. The van der Waals surface area contributed by atoms with Crippen molar-refractivity contribution in [1.82, 2.24) is 15.0 Å². The molecule has 6 heteroatoms. The van der Waals surface area contributed by atoms with Crippen molar-refractivity contribution in [2.45, 2.75) is 0 Å². The SMILES string of the molecule is COc1sc(Nc2ccccn2)nc1-c1ccccn1. The van der Waals surface area contributed by atoms with E-state index < -0.39 is 0 Å². The molecule has 0 amide bonds. The number of pyridine rings is 2. The van der Waals surface area contributed by atoms with Gasteiger partial charge in [0.15, 0.2) is 5.13 Å². The third kappa shape index (κ3) is 2.60. The fourth-order valence-corrected chi connectivity index (χ4v) is 2.51. The Bertz CT molecular complexity index is 685. The van der Waals surface area contributed by atoms with Gasteiger partial charge in [0.05, 0.1) is 12.8 Å². The van der Waals surface area contributed by atoms with Gasteiger partial charge in [-0.25, -0.2) is 9.97 Å². The molecule has 3 rings (SSSR count). The summed E-state index contributed by atoms with van der Waals surface area (Å²) in [4.78, 5) is 13.0. The average Bonchev–Trinajstić information content (AvgIpc) is 2.92. The van der Waals surface area contributed by atoms with Crippen LogP contribution in [0.3, 0.4) is 0 Å². The van der Waals surface area contributed by atoms with Crippen molar-refractivity contribution in [3.8, 4) is 16.5 Å². The zero-order valence-electron chi connectivity index (χ0n) is 10.8. The van der Waals surface area contributed by atoms with Crippen LogP contribution in [0.15, 0.2) is 48.8 Å². The minimum Gasteiger partial charge on any atom is -0.486 e. The number of hydrogen-bond donors (Lipinski definition) is 1. The van der Waals surface area contributed by atoms with Crippen LogP contribution in [0.2, 0.25) is 0 Å². The number of methoxy groups -OCH3 is 1. The highest BCUT2D eigenvalue weighted by Gasteiger charge is 2.14.